The van der Waals surface area contributed by atoms with Crippen molar-refractivity contribution in [3.8, 4) is 0 Å². The summed E-state index contributed by atoms with van der Waals surface area (Å²) >= 11 is 0. The van der Waals surface area contributed by atoms with Crippen molar-refractivity contribution in [3.63, 3.8) is 0 Å². The molecule has 0 saturated heterocycles. The summed E-state index contributed by atoms with van der Waals surface area (Å²) in [6.45, 7) is 3.93. The molecule has 0 aliphatic carbocycles. The van der Waals surface area contributed by atoms with Gasteiger partial charge in [0.2, 0.25) is 11.8 Å². The second-order valence-electron chi connectivity index (χ2n) is 6.64. The Morgan fingerprint density at radius 3 is 2.25 bits per heavy atom. The standard InChI is InChI=1S/C21H24FN3O3/c1-14(2)20(27)25-18-6-3-5-17(13-18)24-19(26)7-4-12-23-21(28)15-8-10-16(22)11-9-15/h3,5-6,8-11,13-14H,4,7,12H2,1-2H3,(H,23,28)(H,24,26)(H,25,27). The molecule has 0 aliphatic heterocycles. The molecule has 2 aromatic rings. The number of hydrogen-bond donors (Lipinski definition) is 3. The lowest BCUT2D eigenvalue weighted by atomic mass is 10.2. The number of carbonyl (C=O) groups is 3. The molecule has 0 aliphatic rings. The quantitative estimate of drug-likeness (QED) is 0.607. The van der Waals surface area contributed by atoms with E-state index in [9.17, 15) is 18.8 Å². The van der Waals surface area contributed by atoms with Gasteiger partial charge in [-0.15, -0.1) is 0 Å². The van der Waals surface area contributed by atoms with E-state index in [-0.39, 0.29) is 30.1 Å². The number of rotatable bonds is 8. The van der Waals surface area contributed by atoms with Crippen LogP contribution in [0.1, 0.15) is 37.0 Å². The predicted octanol–water partition coefficient (Wildman–Crippen LogP) is 3.57. The van der Waals surface area contributed by atoms with Crippen molar-refractivity contribution in [1.29, 1.82) is 0 Å². The number of benzene rings is 2. The van der Waals surface area contributed by atoms with Gasteiger partial charge in [0.25, 0.3) is 5.91 Å². The Bertz CT molecular complexity index is 835. The van der Waals surface area contributed by atoms with Crippen LogP contribution in [0.15, 0.2) is 48.5 Å². The number of anilines is 2. The molecule has 3 N–H and O–H groups in total. The van der Waals surface area contributed by atoms with Gasteiger partial charge in [-0.3, -0.25) is 14.4 Å². The molecule has 0 fully saturated rings. The van der Waals surface area contributed by atoms with E-state index in [1.165, 1.54) is 24.3 Å². The lowest BCUT2D eigenvalue weighted by Crippen LogP contribution is -2.25. The van der Waals surface area contributed by atoms with Gasteiger partial charge >= 0.3 is 0 Å². The van der Waals surface area contributed by atoms with Crippen LogP contribution in [0, 0.1) is 11.7 Å². The Morgan fingerprint density at radius 1 is 0.964 bits per heavy atom. The third kappa shape index (κ3) is 6.83. The van der Waals surface area contributed by atoms with Crippen molar-refractivity contribution >= 4 is 29.1 Å². The normalized spacial score (nSPS) is 10.4. The summed E-state index contributed by atoms with van der Waals surface area (Å²) in [6.07, 6.45) is 0.689. The average Bonchev–Trinajstić information content (AvgIpc) is 2.65. The molecule has 0 spiro atoms. The number of carbonyl (C=O) groups excluding carboxylic acids is 3. The van der Waals surface area contributed by atoms with Crippen LogP contribution in [0.25, 0.3) is 0 Å². The van der Waals surface area contributed by atoms with E-state index in [0.717, 1.165) is 0 Å². The maximum Gasteiger partial charge on any atom is 0.251 e. The van der Waals surface area contributed by atoms with Gasteiger partial charge in [0.05, 0.1) is 0 Å². The zero-order valence-corrected chi connectivity index (χ0v) is 15.9. The molecule has 28 heavy (non-hydrogen) atoms. The molecule has 0 heterocycles. The highest BCUT2D eigenvalue weighted by Gasteiger charge is 2.09. The second-order valence-corrected chi connectivity index (χ2v) is 6.64. The monoisotopic (exact) mass is 385 g/mol. The Hall–Kier alpha value is -3.22. The van der Waals surface area contributed by atoms with Crippen LogP contribution >= 0.6 is 0 Å². The van der Waals surface area contributed by atoms with Crippen molar-refractivity contribution in [2.75, 3.05) is 17.2 Å². The molecule has 0 saturated carbocycles. The van der Waals surface area contributed by atoms with E-state index >= 15 is 0 Å². The van der Waals surface area contributed by atoms with Gasteiger partial charge in [0, 0.05) is 35.8 Å². The number of hydrogen-bond acceptors (Lipinski definition) is 3. The van der Waals surface area contributed by atoms with Crippen molar-refractivity contribution in [3.05, 3.63) is 59.9 Å². The highest BCUT2D eigenvalue weighted by Crippen LogP contribution is 2.16. The minimum Gasteiger partial charge on any atom is -0.352 e. The lowest BCUT2D eigenvalue weighted by Gasteiger charge is -2.10. The van der Waals surface area contributed by atoms with Gasteiger partial charge < -0.3 is 16.0 Å². The molecule has 2 aromatic carbocycles. The second kappa shape index (κ2) is 10.2. The number of halogens is 1. The van der Waals surface area contributed by atoms with Gasteiger partial charge in [0.15, 0.2) is 0 Å². The topological polar surface area (TPSA) is 87.3 Å². The first kappa shape index (κ1) is 21.1. The molecule has 148 valence electrons. The van der Waals surface area contributed by atoms with E-state index in [4.69, 9.17) is 0 Å². The van der Waals surface area contributed by atoms with Crippen LogP contribution in [0.5, 0.6) is 0 Å². The molecule has 0 radical (unpaired) electrons. The van der Waals surface area contributed by atoms with Crippen LogP contribution in [-0.2, 0) is 9.59 Å². The average molecular weight is 385 g/mol. The summed E-state index contributed by atoms with van der Waals surface area (Å²) in [7, 11) is 0. The Balaban J connectivity index is 1.74. The van der Waals surface area contributed by atoms with Crippen molar-refractivity contribution in [2.24, 2.45) is 5.92 Å². The number of nitrogens with one attached hydrogen (secondary N) is 3. The molecular weight excluding hydrogens is 361 g/mol. The highest BCUT2D eigenvalue weighted by molar-refractivity contribution is 5.95. The third-order valence-corrected chi connectivity index (χ3v) is 3.91. The zero-order chi connectivity index (χ0) is 20.5. The van der Waals surface area contributed by atoms with E-state index < -0.39 is 5.82 Å². The van der Waals surface area contributed by atoms with Crippen molar-refractivity contribution in [1.82, 2.24) is 5.32 Å². The van der Waals surface area contributed by atoms with Crippen LogP contribution in [0.3, 0.4) is 0 Å². The van der Waals surface area contributed by atoms with Gasteiger partial charge in [-0.1, -0.05) is 19.9 Å². The van der Waals surface area contributed by atoms with Gasteiger partial charge in [-0.25, -0.2) is 4.39 Å². The van der Waals surface area contributed by atoms with Crippen LogP contribution in [0.2, 0.25) is 0 Å². The molecule has 6 nitrogen and oxygen atoms in total. The molecule has 0 atom stereocenters. The van der Waals surface area contributed by atoms with Crippen molar-refractivity contribution in [2.45, 2.75) is 26.7 Å². The van der Waals surface area contributed by atoms with Crippen LogP contribution in [-0.4, -0.2) is 24.3 Å². The minimum atomic E-state index is -0.402. The molecular formula is C21H24FN3O3. The first-order valence-electron chi connectivity index (χ1n) is 9.09. The Morgan fingerprint density at radius 2 is 1.61 bits per heavy atom. The fraction of sp³-hybridized carbons (Fsp3) is 0.286. The largest absolute Gasteiger partial charge is 0.352 e. The molecule has 0 bridgehead atoms. The van der Waals surface area contributed by atoms with E-state index in [1.54, 1.807) is 38.1 Å². The van der Waals surface area contributed by atoms with E-state index in [0.29, 0.717) is 29.9 Å². The first-order valence-corrected chi connectivity index (χ1v) is 9.09. The van der Waals surface area contributed by atoms with Crippen LogP contribution < -0.4 is 16.0 Å². The van der Waals surface area contributed by atoms with E-state index in [1.807, 2.05) is 0 Å². The summed E-state index contributed by atoms with van der Waals surface area (Å²) in [6, 6.07) is 12.2. The van der Waals surface area contributed by atoms with Gasteiger partial charge in [-0.2, -0.15) is 0 Å². The Labute approximate surface area is 163 Å². The summed E-state index contributed by atoms with van der Waals surface area (Å²) < 4.78 is 12.9. The predicted molar refractivity (Wildman–Crippen MR) is 107 cm³/mol. The number of amides is 3. The summed E-state index contributed by atoms with van der Waals surface area (Å²) in [5.74, 6) is -1.14. The molecule has 2 rings (SSSR count). The SMILES string of the molecule is CC(C)C(=O)Nc1cccc(NC(=O)CCCNC(=O)c2ccc(F)cc2)c1. The summed E-state index contributed by atoms with van der Waals surface area (Å²) in [5.41, 5.74) is 1.57. The third-order valence-electron chi connectivity index (χ3n) is 3.91. The minimum absolute atomic E-state index is 0.0969. The molecule has 7 heteroatoms. The molecule has 0 unspecified atom stereocenters. The lowest BCUT2D eigenvalue weighted by molar-refractivity contribution is -0.119. The van der Waals surface area contributed by atoms with Crippen molar-refractivity contribution < 1.29 is 18.8 Å². The zero-order valence-electron chi connectivity index (χ0n) is 15.9. The highest BCUT2D eigenvalue weighted by atomic mass is 19.1. The maximum absolute atomic E-state index is 12.9. The van der Waals surface area contributed by atoms with Gasteiger partial charge in [-0.05, 0) is 48.9 Å². The maximum atomic E-state index is 12.9. The summed E-state index contributed by atoms with van der Waals surface area (Å²) in [5, 5.41) is 8.23. The van der Waals surface area contributed by atoms with E-state index in [2.05, 4.69) is 16.0 Å². The molecule has 3 amide bonds. The smallest absolute Gasteiger partial charge is 0.251 e. The van der Waals surface area contributed by atoms with Crippen LogP contribution in [0.4, 0.5) is 15.8 Å². The molecule has 0 aromatic heterocycles. The fourth-order valence-electron chi connectivity index (χ4n) is 2.34. The summed E-state index contributed by atoms with van der Waals surface area (Å²) in [4.78, 5) is 35.7. The fourth-order valence-corrected chi connectivity index (χ4v) is 2.34. The Kier molecular flexibility index (Phi) is 7.68. The first-order chi connectivity index (χ1) is 13.3. The van der Waals surface area contributed by atoms with Gasteiger partial charge in [0.1, 0.15) is 5.82 Å².